The molecular formula is C16H33IN4S. The van der Waals surface area contributed by atoms with E-state index in [1.165, 1.54) is 50.9 Å². The standard InChI is InChI=1S/C16H32N4S.HI/c1-16(8-4-12-21-16)13-19-15(17-2)18-9-5-14-6-10-20(3)11-7-14;/h14H,4-13H2,1-3H3,(H2,17,18,19);1H. The fraction of sp³-hybridized carbons (Fsp3) is 0.938. The number of nitrogens with zero attached hydrogens (tertiary/aromatic N) is 2. The molecule has 0 aromatic carbocycles. The first-order valence-corrected chi connectivity index (χ1v) is 9.37. The zero-order valence-electron chi connectivity index (χ0n) is 14.4. The molecule has 4 nitrogen and oxygen atoms in total. The van der Waals surface area contributed by atoms with E-state index in [4.69, 9.17) is 0 Å². The van der Waals surface area contributed by atoms with Crippen molar-refractivity contribution in [1.82, 2.24) is 15.5 Å². The number of rotatable bonds is 5. The van der Waals surface area contributed by atoms with Crippen molar-refractivity contribution in [2.45, 2.75) is 43.8 Å². The number of aliphatic imine (C=N–C) groups is 1. The van der Waals surface area contributed by atoms with Gasteiger partial charge in [-0.05, 0) is 70.8 Å². The minimum atomic E-state index is 0. The molecule has 2 fully saturated rings. The molecule has 2 aliphatic heterocycles. The van der Waals surface area contributed by atoms with Crippen molar-refractivity contribution in [3.63, 3.8) is 0 Å². The number of nitrogens with one attached hydrogen (secondary N) is 2. The molecule has 1 atom stereocenters. The molecule has 6 heteroatoms. The van der Waals surface area contributed by atoms with Gasteiger partial charge in [-0.25, -0.2) is 0 Å². The van der Waals surface area contributed by atoms with Gasteiger partial charge in [-0.2, -0.15) is 11.8 Å². The van der Waals surface area contributed by atoms with Gasteiger partial charge in [-0.3, -0.25) is 4.99 Å². The van der Waals surface area contributed by atoms with Gasteiger partial charge in [0.05, 0.1) is 0 Å². The third kappa shape index (κ3) is 6.83. The summed E-state index contributed by atoms with van der Waals surface area (Å²) < 4.78 is 0.394. The van der Waals surface area contributed by atoms with Crippen LogP contribution in [-0.4, -0.2) is 61.6 Å². The average Bonchev–Trinajstić information content (AvgIpc) is 2.92. The highest BCUT2D eigenvalue weighted by molar-refractivity contribution is 14.0. The van der Waals surface area contributed by atoms with Gasteiger partial charge in [0.25, 0.3) is 0 Å². The van der Waals surface area contributed by atoms with Crippen molar-refractivity contribution < 1.29 is 0 Å². The van der Waals surface area contributed by atoms with Crippen molar-refractivity contribution in [2.24, 2.45) is 10.9 Å². The maximum absolute atomic E-state index is 4.35. The number of hydrogen-bond donors (Lipinski definition) is 2. The quantitative estimate of drug-likeness (QED) is 0.392. The van der Waals surface area contributed by atoms with Gasteiger partial charge in [0.15, 0.2) is 5.96 Å². The SMILES string of the molecule is CN=C(NCCC1CCN(C)CC1)NCC1(C)CCCS1.I. The number of hydrogen-bond acceptors (Lipinski definition) is 3. The second-order valence-electron chi connectivity index (χ2n) is 6.79. The molecule has 2 heterocycles. The van der Waals surface area contributed by atoms with E-state index < -0.39 is 0 Å². The summed E-state index contributed by atoms with van der Waals surface area (Å²) in [6.45, 7) is 6.94. The van der Waals surface area contributed by atoms with Crippen molar-refractivity contribution >= 4 is 41.7 Å². The van der Waals surface area contributed by atoms with E-state index in [1.54, 1.807) is 0 Å². The molecule has 0 aliphatic carbocycles. The summed E-state index contributed by atoms with van der Waals surface area (Å²) in [5, 5.41) is 6.99. The van der Waals surface area contributed by atoms with Gasteiger partial charge >= 0.3 is 0 Å². The number of likely N-dealkylation sites (tertiary alicyclic amines) is 1. The minimum absolute atomic E-state index is 0. The molecule has 0 aromatic rings. The van der Waals surface area contributed by atoms with E-state index >= 15 is 0 Å². The summed E-state index contributed by atoms with van der Waals surface area (Å²) in [5.41, 5.74) is 0. The van der Waals surface area contributed by atoms with Crippen LogP contribution in [0.2, 0.25) is 0 Å². The van der Waals surface area contributed by atoms with Gasteiger partial charge in [-0.15, -0.1) is 24.0 Å². The van der Waals surface area contributed by atoms with Crippen LogP contribution in [0.1, 0.15) is 39.0 Å². The van der Waals surface area contributed by atoms with Crippen molar-refractivity contribution in [2.75, 3.05) is 46.0 Å². The summed E-state index contributed by atoms with van der Waals surface area (Å²) in [4.78, 5) is 6.79. The molecule has 2 aliphatic rings. The molecule has 0 spiro atoms. The fourth-order valence-electron chi connectivity index (χ4n) is 3.21. The lowest BCUT2D eigenvalue weighted by molar-refractivity contribution is 0.213. The summed E-state index contributed by atoms with van der Waals surface area (Å²) >= 11 is 2.09. The highest BCUT2D eigenvalue weighted by Gasteiger charge is 2.29. The average molecular weight is 440 g/mol. The first-order valence-electron chi connectivity index (χ1n) is 8.38. The Morgan fingerprint density at radius 3 is 2.64 bits per heavy atom. The normalized spacial score (nSPS) is 27.5. The van der Waals surface area contributed by atoms with Crippen LogP contribution in [0.25, 0.3) is 0 Å². The second kappa shape index (κ2) is 10.2. The van der Waals surface area contributed by atoms with Crippen LogP contribution in [0.4, 0.5) is 0 Å². The van der Waals surface area contributed by atoms with Crippen LogP contribution in [0.15, 0.2) is 4.99 Å². The van der Waals surface area contributed by atoms with Crippen molar-refractivity contribution in [1.29, 1.82) is 0 Å². The fourth-order valence-corrected chi connectivity index (χ4v) is 4.46. The van der Waals surface area contributed by atoms with Crippen LogP contribution in [0, 0.1) is 5.92 Å². The lowest BCUT2D eigenvalue weighted by Crippen LogP contribution is -2.44. The summed E-state index contributed by atoms with van der Waals surface area (Å²) in [6.07, 6.45) is 6.63. The molecule has 0 saturated carbocycles. The van der Waals surface area contributed by atoms with E-state index in [9.17, 15) is 0 Å². The van der Waals surface area contributed by atoms with E-state index in [0.29, 0.717) is 4.75 Å². The van der Waals surface area contributed by atoms with Gasteiger partial charge < -0.3 is 15.5 Å². The monoisotopic (exact) mass is 440 g/mol. The van der Waals surface area contributed by atoms with Gasteiger partial charge in [0.2, 0.25) is 0 Å². The van der Waals surface area contributed by atoms with E-state index in [-0.39, 0.29) is 24.0 Å². The topological polar surface area (TPSA) is 39.7 Å². The summed E-state index contributed by atoms with van der Waals surface area (Å²) in [7, 11) is 4.09. The zero-order chi connectivity index (χ0) is 15.1. The summed E-state index contributed by atoms with van der Waals surface area (Å²) in [6, 6.07) is 0. The molecule has 1 unspecified atom stereocenters. The molecule has 0 amide bonds. The molecule has 130 valence electrons. The molecular weight excluding hydrogens is 407 g/mol. The molecule has 2 N–H and O–H groups in total. The van der Waals surface area contributed by atoms with Crippen LogP contribution in [-0.2, 0) is 0 Å². The lowest BCUT2D eigenvalue weighted by Gasteiger charge is -2.29. The van der Waals surface area contributed by atoms with Crippen LogP contribution < -0.4 is 10.6 Å². The first-order chi connectivity index (χ1) is 10.1. The Balaban J connectivity index is 0.00000242. The molecule has 0 aromatic heterocycles. The second-order valence-corrected chi connectivity index (χ2v) is 8.47. The van der Waals surface area contributed by atoms with Crippen LogP contribution in [0.3, 0.4) is 0 Å². The van der Waals surface area contributed by atoms with E-state index in [0.717, 1.165) is 25.0 Å². The molecule has 0 bridgehead atoms. The number of halogens is 1. The maximum atomic E-state index is 4.35. The Bertz CT molecular complexity index is 337. The molecule has 2 rings (SSSR count). The number of thioether (sulfide) groups is 1. The zero-order valence-corrected chi connectivity index (χ0v) is 17.5. The largest absolute Gasteiger partial charge is 0.356 e. The summed E-state index contributed by atoms with van der Waals surface area (Å²) in [5.74, 6) is 3.16. The molecule has 22 heavy (non-hydrogen) atoms. The first kappa shape index (κ1) is 20.4. The number of guanidine groups is 1. The number of piperidine rings is 1. The maximum Gasteiger partial charge on any atom is 0.191 e. The smallest absolute Gasteiger partial charge is 0.191 e. The van der Waals surface area contributed by atoms with Crippen molar-refractivity contribution in [3.05, 3.63) is 0 Å². The molecule has 0 radical (unpaired) electrons. The Hall–Kier alpha value is 0.310. The highest BCUT2D eigenvalue weighted by atomic mass is 127. The highest BCUT2D eigenvalue weighted by Crippen LogP contribution is 2.36. The Labute approximate surface area is 157 Å². The van der Waals surface area contributed by atoms with Gasteiger partial charge in [0, 0.05) is 24.9 Å². The Morgan fingerprint density at radius 2 is 2.05 bits per heavy atom. The lowest BCUT2D eigenvalue weighted by atomic mass is 9.94. The van der Waals surface area contributed by atoms with Crippen LogP contribution in [0.5, 0.6) is 0 Å². The van der Waals surface area contributed by atoms with E-state index in [1.807, 2.05) is 7.05 Å². The minimum Gasteiger partial charge on any atom is -0.356 e. The molecule has 2 saturated heterocycles. The van der Waals surface area contributed by atoms with Gasteiger partial charge in [0.1, 0.15) is 0 Å². The predicted molar refractivity (Wildman–Crippen MR) is 110 cm³/mol. The third-order valence-corrected chi connectivity index (χ3v) is 6.38. The Morgan fingerprint density at radius 1 is 1.32 bits per heavy atom. The van der Waals surface area contributed by atoms with Crippen LogP contribution >= 0.6 is 35.7 Å². The van der Waals surface area contributed by atoms with E-state index in [2.05, 4.69) is 46.3 Å². The van der Waals surface area contributed by atoms with Gasteiger partial charge in [-0.1, -0.05) is 0 Å². The Kier molecular flexibility index (Phi) is 9.47. The predicted octanol–water partition coefficient (Wildman–Crippen LogP) is 2.79. The van der Waals surface area contributed by atoms with Crippen molar-refractivity contribution in [3.8, 4) is 0 Å². The third-order valence-electron chi connectivity index (χ3n) is 4.84.